The van der Waals surface area contributed by atoms with Gasteiger partial charge in [0.15, 0.2) is 0 Å². The van der Waals surface area contributed by atoms with Gasteiger partial charge in [-0.2, -0.15) is 8.78 Å². The molecule has 1 aliphatic heterocycles. The lowest BCUT2D eigenvalue weighted by molar-refractivity contribution is 0.0750. The summed E-state index contributed by atoms with van der Waals surface area (Å²) in [7, 11) is 0. The SMILES string of the molecule is O=C(NN1CCCCC1)c1ccc(SC(F)F)cc1. The van der Waals surface area contributed by atoms with Gasteiger partial charge < -0.3 is 0 Å². The van der Waals surface area contributed by atoms with E-state index in [-0.39, 0.29) is 5.91 Å². The van der Waals surface area contributed by atoms with Gasteiger partial charge in [0.2, 0.25) is 0 Å². The molecule has 1 heterocycles. The smallest absolute Gasteiger partial charge is 0.285 e. The predicted octanol–water partition coefficient (Wildman–Crippen LogP) is 3.13. The van der Waals surface area contributed by atoms with Crippen LogP contribution in [0.4, 0.5) is 8.78 Å². The Morgan fingerprint density at radius 1 is 1.16 bits per heavy atom. The molecule has 0 aliphatic carbocycles. The molecular formula is C13H16F2N2OS. The van der Waals surface area contributed by atoms with E-state index in [0.717, 1.165) is 25.9 Å². The third-order valence-corrected chi connectivity index (χ3v) is 3.68. The molecule has 1 aromatic carbocycles. The van der Waals surface area contributed by atoms with Crippen LogP contribution in [0.2, 0.25) is 0 Å². The predicted molar refractivity (Wildman–Crippen MR) is 71.2 cm³/mol. The molecule has 0 atom stereocenters. The largest absolute Gasteiger partial charge is 0.288 e. The number of thioether (sulfide) groups is 1. The number of piperidine rings is 1. The average molecular weight is 286 g/mol. The Balaban J connectivity index is 1.91. The molecule has 19 heavy (non-hydrogen) atoms. The first-order chi connectivity index (χ1) is 9.15. The maximum Gasteiger partial charge on any atom is 0.288 e. The first kappa shape index (κ1) is 14.3. The normalized spacial score (nSPS) is 16.6. The Labute approximate surface area is 115 Å². The maximum atomic E-state index is 12.2. The summed E-state index contributed by atoms with van der Waals surface area (Å²) >= 11 is 0.479. The van der Waals surface area contributed by atoms with Gasteiger partial charge in [0.1, 0.15) is 0 Å². The summed E-state index contributed by atoms with van der Waals surface area (Å²) < 4.78 is 24.3. The number of amides is 1. The number of hydrogen-bond donors (Lipinski definition) is 1. The van der Waals surface area contributed by atoms with Gasteiger partial charge in [-0.05, 0) is 37.1 Å². The number of hydrogen-bond acceptors (Lipinski definition) is 3. The number of rotatable bonds is 4. The van der Waals surface area contributed by atoms with Crippen LogP contribution in [0.15, 0.2) is 29.2 Å². The number of hydrazine groups is 1. The van der Waals surface area contributed by atoms with E-state index >= 15 is 0 Å². The van der Waals surface area contributed by atoms with Crippen LogP contribution in [0.5, 0.6) is 0 Å². The number of alkyl halides is 2. The second kappa shape index (κ2) is 6.86. The molecule has 0 bridgehead atoms. The van der Waals surface area contributed by atoms with Crippen LogP contribution in [0.25, 0.3) is 0 Å². The number of nitrogens with zero attached hydrogens (tertiary/aromatic N) is 1. The van der Waals surface area contributed by atoms with Gasteiger partial charge in [0, 0.05) is 23.5 Å². The van der Waals surface area contributed by atoms with Crippen molar-refractivity contribution in [2.45, 2.75) is 29.9 Å². The highest BCUT2D eigenvalue weighted by Gasteiger charge is 2.14. The van der Waals surface area contributed by atoms with Crippen molar-refractivity contribution in [3.8, 4) is 0 Å². The van der Waals surface area contributed by atoms with Crippen LogP contribution >= 0.6 is 11.8 Å². The monoisotopic (exact) mass is 286 g/mol. The third kappa shape index (κ3) is 4.47. The van der Waals surface area contributed by atoms with Crippen molar-refractivity contribution in [2.24, 2.45) is 0 Å². The molecule has 3 nitrogen and oxygen atoms in total. The first-order valence-electron chi connectivity index (χ1n) is 6.26. The van der Waals surface area contributed by atoms with E-state index in [4.69, 9.17) is 0 Å². The van der Waals surface area contributed by atoms with Gasteiger partial charge in [0.05, 0.1) is 0 Å². The van der Waals surface area contributed by atoms with E-state index in [1.54, 1.807) is 24.3 Å². The minimum atomic E-state index is -2.44. The quantitative estimate of drug-likeness (QED) is 0.863. The van der Waals surface area contributed by atoms with Crippen molar-refractivity contribution in [2.75, 3.05) is 13.1 Å². The van der Waals surface area contributed by atoms with E-state index in [2.05, 4.69) is 5.43 Å². The molecule has 104 valence electrons. The Morgan fingerprint density at radius 2 is 1.79 bits per heavy atom. The lowest BCUT2D eigenvalue weighted by Crippen LogP contribution is -2.45. The van der Waals surface area contributed by atoms with Crippen molar-refractivity contribution < 1.29 is 13.6 Å². The Bertz CT molecular complexity index is 419. The highest BCUT2D eigenvalue weighted by Crippen LogP contribution is 2.25. The van der Waals surface area contributed by atoms with E-state index in [9.17, 15) is 13.6 Å². The fourth-order valence-corrected chi connectivity index (χ4v) is 2.50. The van der Waals surface area contributed by atoms with Crippen molar-refractivity contribution in [3.63, 3.8) is 0 Å². The van der Waals surface area contributed by atoms with Gasteiger partial charge in [-0.1, -0.05) is 18.2 Å². The van der Waals surface area contributed by atoms with E-state index in [0.29, 0.717) is 22.2 Å². The maximum absolute atomic E-state index is 12.2. The Morgan fingerprint density at radius 3 is 2.37 bits per heavy atom. The molecule has 1 saturated heterocycles. The summed E-state index contributed by atoms with van der Waals surface area (Å²) in [6.07, 6.45) is 3.38. The molecule has 1 N–H and O–H groups in total. The van der Waals surface area contributed by atoms with Crippen molar-refractivity contribution >= 4 is 17.7 Å². The lowest BCUT2D eigenvalue weighted by atomic mass is 10.1. The fourth-order valence-electron chi connectivity index (χ4n) is 2.00. The lowest BCUT2D eigenvalue weighted by Gasteiger charge is -2.26. The highest BCUT2D eigenvalue weighted by atomic mass is 32.2. The molecule has 1 amide bonds. The number of carbonyl (C=O) groups is 1. The van der Waals surface area contributed by atoms with Crippen LogP contribution in [0.3, 0.4) is 0 Å². The van der Waals surface area contributed by atoms with Gasteiger partial charge >= 0.3 is 0 Å². The highest BCUT2D eigenvalue weighted by molar-refractivity contribution is 7.99. The first-order valence-corrected chi connectivity index (χ1v) is 7.14. The second-order valence-corrected chi connectivity index (χ2v) is 5.45. The fraction of sp³-hybridized carbons (Fsp3) is 0.462. The number of halogens is 2. The number of nitrogens with one attached hydrogen (secondary N) is 1. The van der Waals surface area contributed by atoms with Crippen LogP contribution in [-0.4, -0.2) is 29.8 Å². The Hall–Kier alpha value is -1.14. The molecular weight excluding hydrogens is 270 g/mol. The van der Waals surface area contributed by atoms with E-state index < -0.39 is 5.76 Å². The molecule has 0 aromatic heterocycles. The standard InChI is InChI=1S/C13H16F2N2OS/c14-13(15)19-11-6-4-10(5-7-11)12(18)16-17-8-2-1-3-9-17/h4-7,13H,1-3,8-9H2,(H,16,18). The second-order valence-electron chi connectivity index (χ2n) is 4.39. The van der Waals surface area contributed by atoms with Crippen molar-refractivity contribution in [1.82, 2.24) is 10.4 Å². The molecule has 2 rings (SSSR count). The van der Waals surface area contributed by atoms with Gasteiger partial charge in [0.25, 0.3) is 11.7 Å². The van der Waals surface area contributed by atoms with Gasteiger partial charge in [-0.15, -0.1) is 0 Å². The summed E-state index contributed by atoms with van der Waals surface area (Å²) in [5, 5.41) is 1.91. The Kier molecular flexibility index (Phi) is 5.15. The van der Waals surface area contributed by atoms with Crippen LogP contribution in [0.1, 0.15) is 29.6 Å². The zero-order valence-electron chi connectivity index (χ0n) is 10.4. The molecule has 1 aliphatic rings. The zero-order valence-corrected chi connectivity index (χ0v) is 11.3. The van der Waals surface area contributed by atoms with E-state index in [1.165, 1.54) is 6.42 Å². The summed E-state index contributed by atoms with van der Waals surface area (Å²) in [6, 6.07) is 6.23. The third-order valence-electron chi connectivity index (χ3n) is 2.96. The summed E-state index contributed by atoms with van der Waals surface area (Å²) in [6.45, 7) is 1.73. The molecule has 0 saturated carbocycles. The molecule has 6 heteroatoms. The molecule has 1 aromatic rings. The van der Waals surface area contributed by atoms with Crippen LogP contribution in [0, 0.1) is 0 Å². The summed E-state index contributed by atoms with van der Waals surface area (Å²) in [5.41, 5.74) is 3.32. The number of benzene rings is 1. The van der Waals surface area contributed by atoms with E-state index in [1.807, 2.05) is 5.01 Å². The number of carbonyl (C=O) groups excluding carboxylic acids is 1. The summed E-state index contributed by atoms with van der Waals surface area (Å²) in [5.74, 6) is -2.62. The van der Waals surface area contributed by atoms with Gasteiger partial charge in [-0.25, -0.2) is 5.01 Å². The average Bonchev–Trinajstić information content (AvgIpc) is 2.40. The minimum absolute atomic E-state index is 0.185. The zero-order chi connectivity index (χ0) is 13.7. The van der Waals surface area contributed by atoms with Crippen molar-refractivity contribution in [1.29, 1.82) is 0 Å². The summed E-state index contributed by atoms with van der Waals surface area (Å²) in [4.78, 5) is 12.4. The molecule has 0 spiro atoms. The molecule has 0 radical (unpaired) electrons. The van der Waals surface area contributed by atoms with Gasteiger partial charge in [-0.3, -0.25) is 10.2 Å². The topological polar surface area (TPSA) is 32.3 Å². The van der Waals surface area contributed by atoms with Crippen LogP contribution < -0.4 is 5.43 Å². The molecule has 0 unspecified atom stereocenters. The minimum Gasteiger partial charge on any atom is -0.285 e. The molecule has 1 fully saturated rings. The van der Waals surface area contributed by atoms with Crippen molar-refractivity contribution in [3.05, 3.63) is 29.8 Å². The van der Waals surface area contributed by atoms with Crippen LogP contribution in [-0.2, 0) is 0 Å².